The van der Waals surface area contributed by atoms with Crippen LogP contribution in [-0.2, 0) is 19.6 Å². The van der Waals surface area contributed by atoms with Crippen molar-refractivity contribution in [1.29, 1.82) is 0 Å². The van der Waals surface area contributed by atoms with Crippen molar-refractivity contribution in [2.45, 2.75) is 51.2 Å². The zero-order valence-electron chi connectivity index (χ0n) is 14.5. The molecule has 0 aromatic heterocycles. The number of sulfonamides is 1. The van der Waals surface area contributed by atoms with Crippen molar-refractivity contribution in [3.8, 4) is 0 Å². The largest absolute Gasteiger partial charge is 0.449 e. The molecule has 0 saturated carbocycles. The minimum Gasteiger partial charge on any atom is -0.449 e. The van der Waals surface area contributed by atoms with Crippen LogP contribution >= 0.6 is 0 Å². The second-order valence-corrected chi connectivity index (χ2v) is 8.01. The molecule has 8 heteroatoms. The highest BCUT2D eigenvalue weighted by molar-refractivity contribution is 7.89. The number of nitrogens with one attached hydrogen (secondary N) is 2. The molecule has 0 fully saturated rings. The molecule has 1 amide bonds. The minimum atomic E-state index is -3.76. The van der Waals surface area contributed by atoms with Gasteiger partial charge in [-0.3, -0.25) is 4.79 Å². The molecule has 0 aliphatic heterocycles. The van der Waals surface area contributed by atoms with Crippen molar-refractivity contribution in [1.82, 2.24) is 10.0 Å². The number of rotatable bonds is 6. The van der Waals surface area contributed by atoms with Crippen LogP contribution in [0.25, 0.3) is 0 Å². The third-order valence-corrected chi connectivity index (χ3v) is 4.58. The first-order chi connectivity index (χ1) is 11.0. The molecule has 1 aromatic carbocycles. The second kappa shape index (κ2) is 7.76. The Bertz CT molecular complexity index is 707. The normalized spacial score (nSPS) is 13.2. The number of amides is 1. The maximum atomic E-state index is 12.3. The van der Waals surface area contributed by atoms with Crippen molar-refractivity contribution in [2.24, 2.45) is 0 Å². The molecule has 0 unspecified atom stereocenters. The van der Waals surface area contributed by atoms with E-state index in [-0.39, 0.29) is 10.5 Å². The van der Waals surface area contributed by atoms with E-state index in [0.29, 0.717) is 6.54 Å². The zero-order chi connectivity index (χ0) is 18.5. The average molecular weight is 356 g/mol. The Morgan fingerprint density at radius 3 is 2.42 bits per heavy atom. The molecule has 0 saturated heterocycles. The zero-order valence-corrected chi connectivity index (χ0v) is 15.4. The monoisotopic (exact) mass is 356 g/mol. The summed E-state index contributed by atoms with van der Waals surface area (Å²) in [6, 6.07) is 5.49. The minimum absolute atomic E-state index is 0.0439. The third kappa shape index (κ3) is 5.93. The highest BCUT2D eigenvalue weighted by atomic mass is 32.2. The molecule has 24 heavy (non-hydrogen) atoms. The molecule has 1 aromatic rings. The standard InChI is InChI=1S/C16H24N2O5S/c1-6-17-14(19)11(2)23-15(20)12-8-7-9-13(10-12)24(21,22)18-16(3,4)5/h7-11,18H,6H2,1-5H3,(H,17,19)/t11-/m1/s1. The molecule has 0 heterocycles. The van der Waals surface area contributed by atoms with Crippen LogP contribution in [0.15, 0.2) is 29.2 Å². The van der Waals surface area contributed by atoms with Gasteiger partial charge in [0.05, 0.1) is 10.5 Å². The molecule has 134 valence electrons. The van der Waals surface area contributed by atoms with E-state index in [1.165, 1.54) is 31.2 Å². The number of benzene rings is 1. The topological polar surface area (TPSA) is 102 Å². The molecule has 2 N–H and O–H groups in total. The highest BCUT2D eigenvalue weighted by Crippen LogP contribution is 2.15. The van der Waals surface area contributed by atoms with Gasteiger partial charge in [-0.1, -0.05) is 6.07 Å². The van der Waals surface area contributed by atoms with Gasteiger partial charge in [0.25, 0.3) is 5.91 Å². The van der Waals surface area contributed by atoms with Gasteiger partial charge in [-0.25, -0.2) is 17.9 Å². The van der Waals surface area contributed by atoms with E-state index in [9.17, 15) is 18.0 Å². The van der Waals surface area contributed by atoms with Gasteiger partial charge in [0.15, 0.2) is 6.10 Å². The molecule has 0 bridgehead atoms. The summed E-state index contributed by atoms with van der Waals surface area (Å²) in [6.45, 7) is 8.78. The van der Waals surface area contributed by atoms with E-state index in [1.54, 1.807) is 27.7 Å². The van der Waals surface area contributed by atoms with Crippen molar-refractivity contribution in [3.63, 3.8) is 0 Å². The van der Waals surface area contributed by atoms with E-state index >= 15 is 0 Å². The molecule has 0 aliphatic carbocycles. The number of carbonyl (C=O) groups is 2. The lowest BCUT2D eigenvalue weighted by atomic mass is 10.1. The Labute approximate surface area is 142 Å². The lowest BCUT2D eigenvalue weighted by Gasteiger charge is -2.20. The van der Waals surface area contributed by atoms with Gasteiger partial charge in [0, 0.05) is 12.1 Å². The summed E-state index contributed by atoms with van der Waals surface area (Å²) in [6.07, 6.45) is -0.967. The fraction of sp³-hybridized carbons (Fsp3) is 0.500. The fourth-order valence-electron chi connectivity index (χ4n) is 1.85. The summed E-state index contributed by atoms with van der Waals surface area (Å²) in [5.74, 6) is -1.18. The van der Waals surface area contributed by atoms with Crippen LogP contribution in [0.3, 0.4) is 0 Å². The summed E-state index contributed by atoms with van der Waals surface area (Å²) in [7, 11) is -3.76. The predicted octanol–water partition coefficient (Wildman–Crippen LogP) is 1.44. The van der Waals surface area contributed by atoms with Crippen LogP contribution in [0.2, 0.25) is 0 Å². The summed E-state index contributed by atoms with van der Waals surface area (Å²) >= 11 is 0. The average Bonchev–Trinajstić information content (AvgIpc) is 2.45. The van der Waals surface area contributed by atoms with E-state index in [2.05, 4.69) is 10.0 Å². The van der Waals surface area contributed by atoms with E-state index < -0.39 is 33.5 Å². The Morgan fingerprint density at radius 2 is 1.88 bits per heavy atom. The Hall–Kier alpha value is -1.93. The highest BCUT2D eigenvalue weighted by Gasteiger charge is 2.24. The van der Waals surface area contributed by atoms with Crippen LogP contribution in [0, 0.1) is 0 Å². The van der Waals surface area contributed by atoms with E-state index in [1.807, 2.05) is 0 Å². The number of likely N-dealkylation sites (N-methyl/N-ethyl adjacent to an activating group) is 1. The molecule has 1 rings (SSSR count). The van der Waals surface area contributed by atoms with Gasteiger partial charge in [-0.05, 0) is 52.8 Å². The molecular formula is C16H24N2O5S. The van der Waals surface area contributed by atoms with Gasteiger partial charge in [-0.2, -0.15) is 0 Å². The molecule has 0 spiro atoms. The SMILES string of the molecule is CCNC(=O)[C@@H](C)OC(=O)c1cccc(S(=O)(=O)NC(C)(C)C)c1. The summed E-state index contributed by atoms with van der Waals surface area (Å²) in [5, 5.41) is 2.54. The van der Waals surface area contributed by atoms with Crippen LogP contribution in [0.4, 0.5) is 0 Å². The first kappa shape index (κ1) is 20.1. The van der Waals surface area contributed by atoms with Crippen molar-refractivity contribution in [2.75, 3.05) is 6.54 Å². The van der Waals surface area contributed by atoms with Gasteiger partial charge < -0.3 is 10.1 Å². The first-order valence-corrected chi connectivity index (χ1v) is 9.07. The predicted molar refractivity (Wildman–Crippen MR) is 90.1 cm³/mol. The summed E-state index contributed by atoms with van der Waals surface area (Å²) in [4.78, 5) is 23.7. The number of esters is 1. The smallest absolute Gasteiger partial charge is 0.338 e. The second-order valence-electron chi connectivity index (χ2n) is 6.33. The fourth-order valence-corrected chi connectivity index (χ4v) is 3.32. The first-order valence-electron chi connectivity index (χ1n) is 7.59. The molecule has 7 nitrogen and oxygen atoms in total. The van der Waals surface area contributed by atoms with Crippen LogP contribution in [0.1, 0.15) is 45.0 Å². The molecule has 1 atom stereocenters. The van der Waals surface area contributed by atoms with Crippen LogP contribution in [-0.4, -0.2) is 38.5 Å². The Morgan fingerprint density at radius 1 is 1.25 bits per heavy atom. The maximum Gasteiger partial charge on any atom is 0.338 e. The Kier molecular flexibility index (Phi) is 6.50. The molecule has 0 radical (unpaired) electrons. The molecule has 0 aliphatic rings. The van der Waals surface area contributed by atoms with Crippen molar-refractivity contribution < 1.29 is 22.7 Å². The number of carbonyl (C=O) groups excluding carboxylic acids is 2. The van der Waals surface area contributed by atoms with Crippen molar-refractivity contribution in [3.05, 3.63) is 29.8 Å². The van der Waals surface area contributed by atoms with Crippen LogP contribution in [0.5, 0.6) is 0 Å². The lowest BCUT2D eigenvalue weighted by Crippen LogP contribution is -2.40. The Balaban J connectivity index is 2.96. The van der Waals surface area contributed by atoms with Gasteiger partial charge in [0.2, 0.25) is 10.0 Å². The van der Waals surface area contributed by atoms with Crippen LogP contribution < -0.4 is 10.0 Å². The number of hydrogen-bond acceptors (Lipinski definition) is 5. The van der Waals surface area contributed by atoms with Crippen molar-refractivity contribution >= 4 is 21.9 Å². The maximum absolute atomic E-state index is 12.3. The van der Waals surface area contributed by atoms with Gasteiger partial charge in [-0.15, -0.1) is 0 Å². The lowest BCUT2D eigenvalue weighted by molar-refractivity contribution is -0.128. The van der Waals surface area contributed by atoms with E-state index in [4.69, 9.17) is 4.74 Å². The number of ether oxygens (including phenoxy) is 1. The van der Waals surface area contributed by atoms with Gasteiger partial charge >= 0.3 is 5.97 Å². The summed E-state index contributed by atoms with van der Waals surface area (Å²) in [5.41, 5.74) is -0.592. The van der Waals surface area contributed by atoms with E-state index in [0.717, 1.165) is 0 Å². The number of hydrogen-bond donors (Lipinski definition) is 2. The summed E-state index contributed by atoms with van der Waals surface area (Å²) < 4.78 is 32.2. The quantitative estimate of drug-likeness (QED) is 0.751. The third-order valence-electron chi connectivity index (χ3n) is 2.82. The molecular weight excluding hydrogens is 332 g/mol. The van der Waals surface area contributed by atoms with Gasteiger partial charge in [0.1, 0.15) is 0 Å².